The molecule has 0 saturated heterocycles. The summed E-state index contributed by atoms with van der Waals surface area (Å²) in [5.74, 6) is 0. The number of benzene rings is 1. The molecule has 0 aliphatic carbocycles. The van der Waals surface area contributed by atoms with Crippen LogP contribution in [0.3, 0.4) is 0 Å². The molecular formula is C10H14ClNO3S. The van der Waals surface area contributed by atoms with Gasteiger partial charge in [0.1, 0.15) is 0 Å². The Kier molecular flexibility index (Phi) is 5.21. The Morgan fingerprint density at radius 1 is 1.31 bits per heavy atom. The molecule has 16 heavy (non-hydrogen) atoms. The van der Waals surface area contributed by atoms with Crippen molar-refractivity contribution in [3.05, 3.63) is 35.9 Å². The molecule has 0 saturated carbocycles. The van der Waals surface area contributed by atoms with Crippen LogP contribution in [0.5, 0.6) is 0 Å². The summed E-state index contributed by atoms with van der Waals surface area (Å²) in [4.78, 5) is 0. The minimum Gasteiger partial charge on any atom is -0.395 e. The van der Waals surface area contributed by atoms with Crippen molar-refractivity contribution in [3.8, 4) is 0 Å². The van der Waals surface area contributed by atoms with Crippen molar-refractivity contribution in [1.29, 1.82) is 0 Å². The molecule has 1 aromatic carbocycles. The third-order valence-electron chi connectivity index (χ3n) is 1.99. The Hall–Kier alpha value is -0.620. The lowest BCUT2D eigenvalue weighted by atomic mass is 10.2. The predicted molar refractivity (Wildman–Crippen MR) is 63.8 cm³/mol. The van der Waals surface area contributed by atoms with Crippen LogP contribution in [-0.2, 0) is 16.4 Å². The zero-order valence-electron chi connectivity index (χ0n) is 8.64. The summed E-state index contributed by atoms with van der Waals surface area (Å²) in [6, 6.07) is 9.14. The number of alkyl halides is 1. The first-order valence-electron chi connectivity index (χ1n) is 4.83. The molecule has 1 aromatic rings. The second kappa shape index (κ2) is 6.20. The van der Waals surface area contributed by atoms with Gasteiger partial charge in [0, 0.05) is 13.0 Å². The maximum atomic E-state index is 11.5. The van der Waals surface area contributed by atoms with Crippen molar-refractivity contribution < 1.29 is 13.5 Å². The van der Waals surface area contributed by atoms with Gasteiger partial charge in [-0.05, 0) is 5.56 Å². The number of aliphatic hydroxyl groups excluding tert-OH is 1. The average molecular weight is 264 g/mol. The van der Waals surface area contributed by atoms with E-state index in [9.17, 15) is 8.42 Å². The van der Waals surface area contributed by atoms with Crippen molar-refractivity contribution in [2.24, 2.45) is 0 Å². The van der Waals surface area contributed by atoms with E-state index in [4.69, 9.17) is 16.7 Å². The van der Waals surface area contributed by atoms with Crippen LogP contribution < -0.4 is 4.72 Å². The number of halogens is 1. The van der Waals surface area contributed by atoms with Gasteiger partial charge in [0.2, 0.25) is 10.0 Å². The summed E-state index contributed by atoms with van der Waals surface area (Å²) in [6.07, 6.45) is 0.239. The Morgan fingerprint density at radius 2 is 1.94 bits per heavy atom. The Balaban J connectivity index is 2.61. The van der Waals surface area contributed by atoms with E-state index in [0.29, 0.717) is 0 Å². The van der Waals surface area contributed by atoms with Crippen molar-refractivity contribution in [1.82, 2.24) is 4.72 Å². The number of hydrogen-bond acceptors (Lipinski definition) is 3. The summed E-state index contributed by atoms with van der Waals surface area (Å²) in [6.45, 7) is -0.255. The molecule has 1 rings (SSSR count). The van der Waals surface area contributed by atoms with E-state index in [1.165, 1.54) is 0 Å². The Bertz CT molecular complexity index is 407. The maximum Gasteiger partial charge on any atom is 0.228 e. The van der Waals surface area contributed by atoms with Crippen LogP contribution in [0.1, 0.15) is 5.56 Å². The summed E-state index contributed by atoms with van der Waals surface area (Å²) < 4.78 is 24.3. The lowest BCUT2D eigenvalue weighted by Gasteiger charge is -2.11. The smallest absolute Gasteiger partial charge is 0.228 e. The molecular weight excluding hydrogens is 250 g/mol. The molecule has 90 valence electrons. The van der Waals surface area contributed by atoms with Gasteiger partial charge in [-0.25, -0.2) is 13.1 Å². The van der Waals surface area contributed by atoms with E-state index in [-0.39, 0.29) is 19.6 Å². The molecule has 1 unspecified atom stereocenters. The fourth-order valence-electron chi connectivity index (χ4n) is 1.19. The van der Waals surface area contributed by atoms with Crippen LogP contribution >= 0.6 is 11.6 Å². The largest absolute Gasteiger partial charge is 0.395 e. The van der Waals surface area contributed by atoms with Crippen LogP contribution in [0.2, 0.25) is 0 Å². The van der Waals surface area contributed by atoms with Crippen molar-refractivity contribution >= 4 is 21.6 Å². The van der Waals surface area contributed by atoms with Gasteiger partial charge in [-0.1, -0.05) is 30.3 Å². The normalized spacial score (nSPS) is 13.6. The molecule has 0 bridgehead atoms. The monoisotopic (exact) mass is 263 g/mol. The van der Waals surface area contributed by atoms with Gasteiger partial charge in [0.05, 0.1) is 6.61 Å². The second-order valence-electron chi connectivity index (χ2n) is 3.26. The zero-order valence-corrected chi connectivity index (χ0v) is 10.2. The maximum absolute atomic E-state index is 11.5. The third-order valence-corrected chi connectivity index (χ3v) is 4.30. The van der Waals surface area contributed by atoms with Crippen LogP contribution in [0, 0.1) is 0 Å². The van der Waals surface area contributed by atoms with E-state index in [2.05, 4.69) is 4.72 Å². The topological polar surface area (TPSA) is 66.4 Å². The molecule has 1 atom stereocenters. The third kappa shape index (κ3) is 4.09. The highest BCUT2D eigenvalue weighted by molar-refractivity contribution is 7.91. The first kappa shape index (κ1) is 13.4. The van der Waals surface area contributed by atoms with Gasteiger partial charge >= 0.3 is 0 Å². The summed E-state index contributed by atoms with van der Waals surface area (Å²) >= 11 is 5.81. The number of aliphatic hydroxyl groups is 1. The summed E-state index contributed by atoms with van der Waals surface area (Å²) in [7, 11) is -3.57. The fraction of sp³-hybridized carbons (Fsp3) is 0.400. The molecule has 0 aromatic heterocycles. The van der Waals surface area contributed by atoms with Crippen molar-refractivity contribution in [2.45, 2.75) is 11.1 Å². The molecule has 0 aliphatic heterocycles. The lowest BCUT2D eigenvalue weighted by molar-refractivity contribution is 0.301. The second-order valence-corrected chi connectivity index (χ2v) is 6.00. The highest BCUT2D eigenvalue weighted by Crippen LogP contribution is 2.12. The number of nitrogens with one attached hydrogen (secondary N) is 1. The molecule has 0 heterocycles. The standard InChI is InChI=1S/C10H14ClNO3S/c11-10(16(14,15)12-6-7-13)8-9-4-2-1-3-5-9/h1-5,10,12-13H,6-8H2. The van der Waals surface area contributed by atoms with Crippen LogP contribution in [0.4, 0.5) is 0 Å². The van der Waals surface area contributed by atoms with Crippen LogP contribution in [-0.4, -0.2) is 31.4 Å². The minimum absolute atomic E-state index is 0.0135. The molecule has 0 spiro atoms. The van der Waals surface area contributed by atoms with E-state index in [1.807, 2.05) is 30.3 Å². The van der Waals surface area contributed by atoms with Gasteiger partial charge in [-0.15, -0.1) is 11.6 Å². The highest BCUT2D eigenvalue weighted by atomic mass is 35.5. The zero-order chi connectivity index (χ0) is 12.0. The molecule has 6 heteroatoms. The first-order valence-corrected chi connectivity index (χ1v) is 6.82. The molecule has 0 aliphatic rings. The van der Waals surface area contributed by atoms with Crippen LogP contribution in [0.15, 0.2) is 30.3 Å². The molecule has 0 fully saturated rings. The van der Waals surface area contributed by atoms with E-state index >= 15 is 0 Å². The fourth-order valence-corrected chi connectivity index (χ4v) is 2.52. The van der Waals surface area contributed by atoms with Gasteiger partial charge < -0.3 is 5.11 Å². The van der Waals surface area contributed by atoms with Gasteiger partial charge in [0.25, 0.3) is 0 Å². The highest BCUT2D eigenvalue weighted by Gasteiger charge is 2.22. The number of sulfonamides is 1. The number of rotatable bonds is 6. The van der Waals surface area contributed by atoms with Gasteiger partial charge in [-0.3, -0.25) is 0 Å². The Morgan fingerprint density at radius 3 is 2.50 bits per heavy atom. The van der Waals surface area contributed by atoms with Gasteiger partial charge in [0.15, 0.2) is 4.71 Å². The Labute approximate surface area is 100 Å². The average Bonchev–Trinajstić information content (AvgIpc) is 2.28. The van der Waals surface area contributed by atoms with Crippen LogP contribution in [0.25, 0.3) is 0 Å². The lowest BCUT2D eigenvalue weighted by Crippen LogP contribution is -2.34. The minimum atomic E-state index is -3.57. The number of hydrogen-bond donors (Lipinski definition) is 2. The first-order chi connectivity index (χ1) is 7.56. The van der Waals surface area contributed by atoms with E-state index in [1.54, 1.807) is 0 Å². The SMILES string of the molecule is O=S(=O)(NCCO)C(Cl)Cc1ccccc1. The van der Waals surface area contributed by atoms with Crippen molar-refractivity contribution in [3.63, 3.8) is 0 Å². The van der Waals surface area contributed by atoms with E-state index in [0.717, 1.165) is 5.56 Å². The molecule has 4 nitrogen and oxygen atoms in total. The summed E-state index contributed by atoms with van der Waals surface area (Å²) in [5.41, 5.74) is 0.858. The predicted octanol–water partition coefficient (Wildman–Crippen LogP) is 0.706. The summed E-state index contributed by atoms with van der Waals surface area (Å²) in [5, 5.41) is 8.53. The van der Waals surface area contributed by atoms with Gasteiger partial charge in [-0.2, -0.15) is 0 Å². The van der Waals surface area contributed by atoms with Crippen molar-refractivity contribution in [2.75, 3.05) is 13.2 Å². The molecule has 0 radical (unpaired) electrons. The quantitative estimate of drug-likeness (QED) is 0.743. The molecule has 2 N–H and O–H groups in total. The molecule has 0 amide bonds. The van der Waals surface area contributed by atoms with E-state index < -0.39 is 14.7 Å².